The molecule has 1 amide bonds. The van der Waals surface area contributed by atoms with Crippen LogP contribution >= 0.6 is 0 Å². The van der Waals surface area contributed by atoms with Crippen LogP contribution in [0.15, 0.2) is 29.3 Å². The van der Waals surface area contributed by atoms with Crippen LogP contribution in [0, 0.1) is 11.3 Å². The Bertz CT molecular complexity index is 963. The van der Waals surface area contributed by atoms with Gasteiger partial charge in [0, 0.05) is 0 Å². The average Bonchev–Trinajstić information content (AvgIpc) is 3.08. The number of carbonyl (C=O) groups excluding carboxylic acids is 1. The molecule has 2 saturated carbocycles. The molecule has 1 heterocycles. The van der Waals surface area contributed by atoms with Crippen molar-refractivity contribution in [3.63, 3.8) is 0 Å². The molecule has 14 heteroatoms. The second-order valence-electron chi connectivity index (χ2n) is 7.99. The fraction of sp³-hybridized carbons (Fsp3) is 0.529. The second kappa shape index (κ2) is 12.1. The van der Waals surface area contributed by atoms with Crippen molar-refractivity contribution in [2.45, 2.75) is 38.1 Å². The van der Waals surface area contributed by atoms with Gasteiger partial charge in [0.05, 0.1) is 5.69 Å². The second-order valence-corrected chi connectivity index (χ2v) is 139. The van der Waals surface area contributed by atoms with Gasteiger partial charge in [-0.2, -0.15) is 0 Å². The summed E-state index contributed by atoms with van der Waals surface area (Å²) in [7, 11) is -3.27. The van der Waals surface area contributed by atoms with Gasteiger partial charge in [0.2, 0.25) is 0 Å². The fourth-order valence-corrected chi connectivity index (χ4v) is 289. The Morgan fingerprint density at radius 1 is 1.16 bits per heavy atom. The third-order valence-corrected chi connectivity index (χ3v) is 215. The molecule has 4 rings (SSSR count). The van der Waals surface area contributed by atoms with E-state index < -0.39 is 41.7 Å². The Balaban J connectivity index is 1.21. The van der Waals surface area contributed by atoms with Gasteiger partial charge in [0.25, 0.3) is 0 Å². The molecule has 1 aliphatic heterocycles. The summed E-state index contributed by atoms with van der Waals surface area (Å²) < 4.78 is 27.7. The van der Waals surface area contributed by atoms with E-state index in [1.54, 1.807) is 33.6 Å². The number of nitrogens with one attached hydrogen (secondary N) is 1. The van der Waals surface area contributed by atoms with Crippen LogP contribution in [-0.4, -0.2) is 33.3 Å². The summed E-state index contributed by atoms with van der Waals surface area (Å²) in [6, 6.07) is 8.60. The zero-order chi connectivity index (χ0) is 22.1. The Morgan fingerprint density at radius 2 is 1.90 bits per heavy atom. The molecule has 2 aliphatic carbocycles. The van der Waals surface area contributed by atoms with Gasteiger partial charge >= 0.3 is 205 Å². The summed E-state index contributed by atoms with van der Waals surface area (Å²) in [4.78, 5) is 17.4. The number of nitrogens with zero attached hydrogens (tertiary/aromatic N) is 2. The van der Waals surface area contributed by atoms with Crippen LogP contribution in [0.2, 0.25) is 0 Å². The molecule has 1 aromatic rings. The van der Waals surface area contributed by atoms with E-state index in [0.717, 1.165) is 24.9 Å². The predicted molar refractivity (Wildman–Crippen MR) is 89.2 cm³/mol. The van der Waals surface area contributed by atoms with E-state index in [4.69, 9.17) is 4.99 Å². The molecule has 6 nitrogen and oxygen atoms in total. The van der Waals surface area contributed by atoms with Crippen molar-refractivity contribution in [3.8, 4) is 0 Å². The van der Waals surface area contributed by atoms with Crippen LogP contribution in [0.5, 0.6) is 0 Å². The van der Waals surface area contributed by atoms with Crippen molar-refractivity contribution < 1.29 is 116 Å². The number of para-hydroxylation sites is 1. The van der Waals surface area contributed by atoms with E-state index in [2.05, 4.69) is 29.6 Å². The average molecular weight is 1630 g/mol. The van der Waals surface area contributed by atoms with Gasteiger partial charge < -0.3 is 0 Å². The summed E-state index contributed by atoms with van der Waals surface area (Å²) in [5, 5.41) is 3.06. The van der Waals surface area contributed by atoms with Crippen LogP contribution in [-0.2, 0) is 124 Å². The van der Waals surface area contributed by atoms with Crippen LogP contribution in [0.3, 0.4) is 0 Å². The molecule has 0 unspecified atom stereocenters. The molecule has 0 radical (unpaired) electrons. The number of hydrogen-bond donors (Lipinski definition) is 1. The maximum atomic E-state index is 12.8. The zero-order valence-corrected chi connectivity index (χ0v) is 37.4. The molecule has 0 atom stereocenters. The first-order valence-electron chi connectivity index (χ1n) is 9.42. The van der Waals surface area contributed by atoms with E-state index in [9.17, 15) is 13.2 Å². The van der Waals surface area contributed by atoms with E-state index >= 15 is 0 Å². The fourth-order valence-electron chi connectivity index (χ4n) is 4.69. The first-order valence-corrected chi connectivity index (χ1v) is 68.6. The van der Waals surface area contributed by atoms with E-state index in [1.807, 2.05) is 1.42 Å². The number of amides is 1. The van der Waals surface area contributed by atoms with Crippen LogP contribution < -0.4 is 5.32 Å². The summed E-state index contributed by atoms with van der Waals surface area (Å²) >= 11 is 1.41. The number of hydrogen-bond acceptors (Lipinski definition) is 4. The number of carbonyl (C=O) groups is 1. The zero-order valence-electron chi connectivity index (χ0n) is 16.1. The van der Waals surface area contributed by atoms with E-state index in [0.29, 0.717) is 11.3 Å². The molecule has 168 valence electrons. The molecule has 3 aliphatic rings. The number of sulfonamides is 1. The SMILES string of the molecule is O=C(CS(=O)(=O)[N]([W][W][W])[W][W][W][W])NC1CC2(C1)CC(C1=Nc3ccccc3C1)C2. The van der Waals surface area contributed by atoms with E-state index in [1.165, 1.54) is 24.1 Å². The van der Waals surface area contributed by atoms with Gasteiger partial charge in [-0.25, -0.2) is 0 Å². The number of fused-ring (bicyclic) bond motifs is 1. The van der Waals surface area contributed by atoms with Crippen molar-refractivity contribution in [1.29, 1.82) is 0 Å². The third kappa shape index (κ3) is 6.90. The number of benzene rings is 1. The molecule has 31 heavy (non-hydrogen) atoms. The van der Waals surface area contributed by atoms with Crippen molar-refractivity contribution in [2.24, 2.45) is 16.3 Å². The third-order valence-electron chi connectivity index (χ3n) is 5.93. The molecule has 1 spiro atoms. The van der Waals surface area contributed by atoms with Crippen molar-refractivity contribution >= 4 is 27.3 Å². The molecule has 2 fully saturated rings. The van der Waals surface area contributed by atoms with Crippen molar-refractivity contribution in [3.05, 3.63) is 29.8 Å². The minimum atomic E-state index is -3.27. The predicted octanol–water partition coefficient (Wildman–Crippen LogP) is 1.53. The molecule has 1 N–H and O–H groups in total. The van der Waals surface area contributed by atoms with Gasteiger partial charge in [0.15, 0.2) is 0 Å². The Kier molecular flexibility index (Phi) is 10.6. The van der Waals surface area contributed by atoms with Gasteiger partial charge in [-0.1, -0.05) is 18.2 Å². The van der Waals surface area contributed by atoms with Crippen LogP contribution in [0.4, 0.5) is 5.69 Å². The molecule has 0 bridgehead atoms. The standard InChI is InChI=1S/C17H19N3O3S.7W/c18-24(22,23)10-16(21)19-13-8-17(9-13)6-12(7-17)15-5-11-3-1-2-4-14(11)20-15;;;;;;;/h1-4,12-13H,5-10H2,(H,19,21);;;;;;;. The van der Waals surface area contributed by atoms with Crippen molar-refractivity contribution in [2.75, 3.05) is 5.75 Å². The number of rotatable bonds is 10. The van der Waals surface area contributed by atoms with Crippen LogP contribution in [0.1, 0.15) is 31.2 Å². The van der Waals surface area contributed by atoms with E-state index in [-0.39, 0.29) is 55.4 Å². The van der Waals surface area contributed by atoms with Gasteiger partial charge in [-0.05, 0) is 11.6 Å². The summed E-state index contributed by atoms with van der Waals surface area (Å²) in [6.45, 7) is 0. The summed E-state index contributed by atoms with van der Waals surface area (Å²) in [5.41, 5.74) is 4.19. The molecular weight excluding hydrogens is 1610 g/mol. The van der Waals surface area contributed by atoms with Gasteiger partial charge in [0.1, 0.15) is 0 Å². The molecule has 1 aromatic carbocycles. The first kappa shape index (κ1) is 27.1. The quantitative estimate of drug-likeness (QED) is 0.387. The minimum absolute atomic E-state index is 0.0426. The Morgan fingerprint density at radius 3 is 2.58 bits per heavy atom. The monoisotopic (exact) mass is 1630 g/mol. The van der Waals surface area contributed by atoms with Gasteiger partial charge in [-0.15, -0.1) is 0 Å². The Hall–Kier alpha value is 3.09. The molecule has 0 saturated heterocycles. The summed E-state index contributed by atoms with van der Waals surface area (Å²) in [5.74, 6) is 0.0858. The maximum absolute atomic E-state index is 12.8. The topological polar surface area (TPSA) is 78.8 Å². The molecule has 0 aromatic heterocycles. The van der Waals surface area contributed by atoms with Gasteiger partial charge in [-0.3, -0.25) is 0 Å². The first-order chi connectivity index (χ1) is 14.8. The Labute approximate surface area is 236 Å². The number of aliphatic imine (C=N–C) groups is 1. The summed E-state index contributed by atoms with van der Waals surface area (Å²) in [6.07, 6.45) is 5.37. The normalized spacial score (nSPS) is 26.8. The van der Waals surface area contributed by atoms with Crippen molar-refractivity contribution in [1.82, 2.24) is 6.74 Å². The van der Waals surface area contributed by atoms with Crippen LogP contribution in [0.25, 0.3) is 0 Å². The molecular formula is C17H19N3O3SW7.